The summed E-state index contributed by atoms with van der Waals surface area (Å²) in [5.74, 6) is -6.88. The van der Waals surface area contributed by atoms with E-state index in [0.29, 0.717) is 60.4 Å². The lowest BCUT2D eigenvalue weighted by Gasteiger charge is -2.28. The molecule has 0 spiro atoms. The number of benzene rings is 3. The van der Waals surface area contributed by atoms with Crippen molar-refractivity contribution in [3.63, 3.8) is 0 Å². The number of nitrogens with two attached hydrogens (primary N) is 4. The maximum Gasteiger partial charge on any atom is 0.243 e. The van der Waals surface area contributed by atoms with Crippen LogP contribution in [0.4, 0.5) is 0 Å². The molecule has 0 saturated carbocycles. The van der Waals surface area contributed by atoms with Gasteiger partial charge in [-0.15, -0.1) is 0 Å². The number of imidazole rings is 1. The fourth-order valence-corrected chi connectivity index (χ4v) is 10.6. The molecule has 484 valence electrons. The molecule has 28 heteroatoms. The summed E-state index contributed by atoms with van der Waals surface area (Å²) >= 11 is 1.46. The molecule has 0 bridgehead atoms. The van der Waals surface area contributed by atoms with E-state index in [1.807, 2.05) is 54.8 Å². The maximum atomic E-state index is 15.1. The smallest absolute Gasteiger partial charge is 0.243 e. The lowest BCUT2D eigenvalue weighted by molar-refractivity contribution is -0.136. The third kappa shape index (κ3) is 21.3. The van der Waals surface area contributed by atoms with Gasteiger partial charge in [0, 0.05) is 71.8 Å². The van der Waals surface area contributed by atoms with Gasteiger partial charge in [-0.2, -0.15) is 11.8 Å². The Morgan fingerprint density at radius 1 is 0.467 bits per heavy atom. The Balaban J connectivity index is 1.27. The first-order chi connectivity index (χ1) is 43.3. The Labute approximate surface area is 525 Å². The first-order valence-corrected chi connectivity index (χ1v) is 31.4. The highest BCUT2D eigenvalue weighted by atomic mass is 32.2. The van der Waals surface area contributed by atoms with Crippen molar-refractivity contribution in [2.75, 3.05) is 31.6 Å². The van der Waals surface area contributed by atoms with Crippen molar-refractivity contribution in [1.29, 1.82) is 0 Å². The van der Waals surface area contributed by atoms with Crippen LogP contribution in [-0.4, -0.2) is 165 Å². The number of unbranched alkanes of at least 4 members (excludes halogenated alkanes) is 2. The molecule has 90 heavy (non-hydrogen) atoms. The molecule has 0 aliphatic rings. The molecular formula is C62H85N17O10S. The highest BCUT2D eigenvalue weighted by Gasteiger charge is 2.36. The molecule has 0 saturated heterocycles. The van der Waals surface area contributed by atoms with Crippen LogP contribution in [0.2, 0.25) is 0 Å². The molecule has 10 amide bonds. The molecule has 0 aliphatic heterocycles. The van der Waals surface area contributed by atoms with Gasteiger partial charge in [0.1, 0.15) is 54.4 Å². The molecule has 0 aliphatic carbocycles. The van der Waals surface area contributed by atoms with Crippen LogP contribution < -0.4 is 70.8 Å². The number of aromatic nitrogens is 4. The second kappa shape index (κ2) is 35.8. The Morgan fingerprint density at radius 3 is 1.39 bits per heavy atom. The molecule has 0 radical (unpaired) electrons. The van der Waals surface area contributed by atoms with E-state index in [9.17, 15) is 38.4 Å². The molecular weight excluding hydrogens is 1170 g/mol. The molecule has 6 rings (SSSR count). The zero-order chi connectivity index (χ0) is 65.1. The summed E-state index contributed by atoms with van der Waals surface area (Å²) < 4.78 is 0. The van der Waals surface area contributed by atoms with Gasteiger partial charge in [-0.3, -0.25) is 47.9 Å². The van der Waals surface area contributed by atoms with E-state index in [2.05, 4.69) is 67.8 Å². The zero-order valence-corrected chi connectivity index (χ0v) is 51.7. The monoisotopic (exact) mass is 1260 g/mol. The normalized spacial score (nSPS) is 14.2. The second-order valence-electron chi connectivity index (χ2n) is 22.0. The number of aromatic amines is 3. The first kappa shape index (κ1) is 70.0. The van der Waals surface area contributed by atoms with Crippen molar-refractivity contribution in [3.8, 4) is 0 Å². The van der Waals surface area contributed by atoms with Crippen LogP contribution >= 0.6 is 11.8 Å². The molecule has 3 heterocycles. The molecule has 3 aromatic carbocycles. The number of nitrogens with zero attached hydrogens (tertiary/aromatic N) is 1. The highest BCUT2D eigenvalue weighted by Crippen LogP contribution is 2.22. The lowest BCUT2D eigenvalue weighted by atomic mass is 10.00. The van der Waals surface area contributed by atoms with Gasteiger partial charge >= 0.3 is 0 Å². The number of primary amides is 1. The Kier molecular flexibility index (Phi) is 27.8. The Morgan fingerprint density at radius 2 is 0.889 bits per heavy atom. The second-order valence-corrected chi connectivity index (χ2v) is 23.0. The number of hydrogen-bond donors (Lipinski definition) is 16. The van der Waals surface area contributed by atoms with Gasteiger partial charge in [0.2, 0.25) is 59.1 Å². The third-order valence-corrected chi connectivity index (χ3v) is 15.8. The zero-order valence-electron chi connectivity index (χ0n) is 50.9. The number of amides is 10. The third-order valence-electron chi connectivity index (χ3n) is 15.1. The number of hydrogen-bond acceptors (Lipinski definition) is 15. The Hall–Kier alpha value is -9.12. The van der Waals surface area contributed by atoms with Crippen LogP contribution in [-0.2, 0) is 73.6 Å². The summed E-state index contributed by atoms with van der Waals surface area (Å²) in [7, 11) is 0. The van der Waals surface area contributed by atoms with E-state index in [1.165, 1.54) is 38.1 Å². The minimum atomic E-state index is -1.43. The van der Waals surface area contributed by atoms with Crippen LogP contribution in [0, 0.1) is 0 Å². The van der Waals surface area contributed by atoms with E-state index in [4.69, 9.17) is 22.9 Å². The summed E-state index contributed by atoms with van der Waals surface area (Å²) in [4.78, 5) is 153. The molecule has 0 unspecified atom stereocenters. The number of para-hydroxylation sites is 2. The van der Waals surface area contributed by atoms with Crippen LogP contribution in [0.1, 0.15) is 81.2 Å². The van der Waals surface area contributed by atoms with E-state index in [1.54, 1.807) is 42.7 Å². The summed E-state index contributed by atoms with van der Waals surface area (Å²) in [6.07, 6.45) is 10.0. The van der Waals surface area contributed by atoms with Crippen LogP contribution in [0.25, 0.3) is 21.8 Å². The van der Waals surface area contributed by atoms with E-state index in [0.717, 1.165) is 21.8 Å². The topological polar surface area (TPSA) is 443 Å². The van der Waals surface area contributed by atoms with Crippen molar-refractivity contribution in [3.05, 3.63) is 126 Å². The summed E-state index contributed by atoms with van der Waals surface area (Å²) in [6, 6.07) is 12.2. The number of H-pyrrole nitrogens is 3. The van der Waals surface area contributed by atoms with Crippen molar-refractivity contribution >= 4 is 92.6 Å². The van der Waals surface area contributed by atoms with Gasteiger partial charge in [-0.05, 0) is 113 Å². The standard InChI is InChI=1S/C62H85N17O10S/c1-36(72-57(84)48(23-26-90-3)73-53(80)31-65)55(82)71-37(2)56(83)76-52(30-41-34-67-35-70-41)62(89)79-50(28-39-32-68-44-19-9-7-17-42(39)44)60(87)75-47(22-12-14-25-64)58(85)78-51(29-40-33-69-45-20-10-8-18-43(40)45)61(88)77-49(27-38-15-5-4-6-16-38)59(86)74-46(54(66)81)21-11-13-24-63/h4-10,15-20,32-37,46-52,68-69H,11-14,21-31,63-65H2,1-3H3,(H2,66,81)(H,67,70)(H,71,82)(H,72,84)(H,73,80)(H,74,86)(H,75,87)(H,76,83)(H,77,88)(H,78,85)(H,79,89)/t36-,37-,46-,47+,48-,49+,50+,51-,52-/m0/s1. The molecule has 6 aromatic rings. The van der Waals surface area contributed by atoms with Gasteiger partial charge in [-0.1, -0.05) is 66.7 Å². The van der Waals surface area contributed by atoms with Gasteiger partial charge in [0.25, 0.3) is 0 Å². The van der Waals surface area contributed by atoms with Crippen LogP contribution in [0.3, 0.4) is 0 Å². The summed E-state index contributed by atoms with van der Waals surface area (Å²) in [6.45, 7) is 3.04. The predicted octanol–water partition coefficient (Wildman–Crippen LogP) is -0.499. The quantitative estimate of drug-likeness (QED) is 0.0217. The molecule has 3 aromatic heterocycles. The minimum absolute atomic E-state index is 0.0105. The Bertz CT molecular complexity index is 3360. The fourth-order valence-electron chi connectivity index (χ4n) is 10.1. The number of rotatable bonds is 38. The molecule has 0 fully saturated rings. The number of carbonyl (C=O) groups excluding carboxylic acids is 10. The van der Waals surface area contributed by atoms with Crippen LogP contribution in [0.5, 0.6) is 0 Å². The predicted molar refractivity (Wildman–Crippen MR) is 342 cm³/mol. The van der Waals surface area contributed by atoms with E-state index in [-0.39, 0.29) is 58.0 Å². The average molecular weight is 1260 g/mol. The van der Waals surface area contributed by atoms with E-state index >= 15 is 9.59 Å². The highest BCUT2D eigenvalue weighted by molar-refractivity contribution is 7.98. The minimum Gasteiger partial charge on any atom is -0.368 e. The number of fused-ring (bicyclic) bond motifs is 2. The number of nitrogens with one attached hydrogen (secondary N) is 12. The van der Waals surface area contributed by atoms with Crippen molar-refractivity contribution in [1.82, 2.24) is 67.8 Å². The van der Waals surface area contributed by atoms with Crippen LogP contribution in [0.15, 0.2) is 104 Å². The van der Waals surface area contributed by atoms with Crippen molar-refractivity contribution in [2.24, 2.45) is 22.9 Å². The van der Waals surface area contributed by atoms with Gasteiger partial charge in [0.15, 0.2) is 0 Å². The number of thioether (sulfide) groups is 1. The van der Waals surface area contributed by atoms with Gasteiger partial charge in [0.05, 0.1) is 12.9 Å². The van der Waals surface area contributed by atoms with Gasteiger partial charge < -0.3 is 85.7 Å². The lowest BCUT2D eigenvalue weighted by Crippen LogP contribution is -2.61. The molecule has 20 N–H and O–H groups in total. The SMILES string of the molecule is CSCC[C@H](NC(=O)CN)C(=O)N[C@@H](C)C(=O)N[C@@H](C)C(=O)N[C@@H](Cc1cnc[nH]1)C(=O)N[C@H](Cc1c[nH]c2ccccc12)C(=O)N[C@H](CCCCN)C(=O)N[C@@H](Cc1c[nH]c2ccccc12)C(=O)N[C@H](Cc1ccccc1)C(=O)N[C@@H](CCCCN)C(N)=O. The summed E-state index contributed by atoms with van der Waals surface area (Å²) in [5.41, 5.74) is 26.7. The molecule has 9 atom stereocenters. The fraction of sp³-hybridized carbons (Fsp3) is 0.435. The maximum absolute atomic E-state index is 15.1. The van der Waals surface area contributed by atoms with E-state index < -0.39 is 113 Å². The van der Waals surface area contributed by atoms with Crippen molar-refractivity contribution < 1.29 is 47.9 Å². The molecule has 27 nitrogen and oxygen atoms in total. The summed E-state index contributed by atoms with van der Waals surface area (Å²) in [5, 5.41) is 26.0. The average Bonchev–Trinajstić information content (AvgIpc) is 2.14. The first-order valence-electron chi connectivity index (χ1n) is 30.0. The van der Waals surface area contributed by atoms with Gasteiger partial charge in [-0.25, -0.2) is 4.98 Å². The number of carbonyl (C=O) groups is 10. The van der Waals surface area contributed by atoms with Crippen molar-refractivity contribution in [2.45, 2.75) is 139 Å². The largest absolute Gasteiger partial charge is 0.368 e.